The Kier molecular flexibility index (Phi) is 12.6. The summed E-state index contributed by atoms with van der Waals surface area (Å²) in [6, 6.07) is 11.7. The van der Waals surface area contributed by atoms with Crippen molar-refractivity contribution in [3.8, 4) is 0 Å². The molecule has 4 unspecified atom stereocenters. The number of hydrogen-bond donors (Lipinski definition) is 7. The van der Waals surface area contributed by atoms with Crippen LogP contribution < -0.4 is 21.7 Å². The number of nitrogens with one attached hydrogen (secondary N) is 4. The summed E-state index contributed by atoms with van der Waals surface area (Å²) >= 11 is 1.45. The second-order valence-electron chi connectivity index (χ2n) is 10.1. The van der Waals surface area contributed by atoms with Gasteiger partial charge >= 0.3 is 11.9 Å². The number of aromatic amines is 1. The van der Waals surface area contributed by atoms with Gasteiger partial charge in [-0.25, -0.2) is 4.79 Å². The number of fused-ring (bicyclic) bond motifs is 1. The molecule has 0 fully saturated rings. The number of carboxylic acid groups (broad SMARTS) is 2. The Hall–Kier alpha value is -4.36. The van der Waals surface area contributed by atoms with Gasteiger partial charge in [0.15, 0.2) is 0 Å². The first-order valence-corrected chi connectivity index (χ1v) is 15.2. The van der Waals surface area contributed by atoms with Crippen molar-refractivity contribution in [3.05, 3.63) is 71.9 Å². The van der Waals surface area contributed by atoms with Crippen LogP contribution in [0.5, 0.6) is 0 Å². The van der Waals surface area contributed by atoms with Crippen LogP contribution in [0, 0.1) is 0 Å². The molecule has 0 saturated carbocycles. The fraction of sp³-hybridized carbons (Fsp3) is 0.367. The molecule has 12 nitrogen and oxygen atoms in total. The van der Waals surface area contributed by atoms with Crippen LogP contribution >= 0.6 is 11.8 Å². The van der Waals surface area contributed by atoms with Gasteiger partial charge < -0.3 is 36.9 Å². The van der Waals surface area contributed by atoms with E-state index in [1.165, 1.54) is 11.8 Å². The van der Waals surface area contributed by atoms with E-state index in [9.17, 15) is 29.1 Å². The van der Waals surface area contributed by atoms with E-state index in [0.717, 1.165) is 16.5 Å². The molecule has 0 saturated heterocycles. The van der Waals surface area contributed by atoms with Crippen LogP contribution in [0.15, 0.2) is 60.8 Å². The summed E-state index contributed by atoms with van der Waals surface area (Å²) in [7, 11) is 0. The molecule has 0 aliphatic rings. The highest BCUT2D eigenvalue weighted by molar-refractivity contribution is 7.98. The largest absolute Gasteiger partial charge is 0.481 e. The number of nitrogens with two attached hydrogens (primary N) is 1. The van der Waals surface area contributed by atoms with E-state index in [1.807, 2.05) is 30.5 Å². The fourth-order valence-electron chi connectivity index (χ4n) is 4.52. The summed E-state index contributed by atoms with van der Waals surface area (Å²) < 4.78 is 0. The summed E-state index contributed by atoms with van der Waals surface area (Å²) in [5.41, 5.74) is 8.11. The van der Waals surface area contributed by atoms with Gasteiger partial charge in [0, 0.05) is 36.4 Å². The van der Waals surface area contributed by atoms with Crippen LogP contribution in [-0.4, -0.2) is 81.0 Å². The van der Waals surface area contributed by atoms with E-state index in [4.69, 9.17) is 10.8 Å². The fourth-order valence-corrected chi connectivity index (χ4v) is 4.99. The van der Waals surface area contributed by atoms with Crippen LogP contribution in [0.3, 0.4) is 0 Å². The molecule has 13 heteroatoms. The maximum Gasteiger partial charge on any atom is 0.326 e. The first-order chi connectivity index (χ1) is 20.6. The van der Waals surface area contributed by atoms with Gasteiger partial charge in [0.1, 0.15) is 18.1 Å². The molecule has 3 rings (SSSR count). The molecule has 2 aromatic carbocycles. The van der Waals surface area contributed by atoms with Crippen molar-refractivity contribution in [3.63, 3.8) is 0 Å². The third-order valence-corrected chi connectivity index (χ3v) is 7.52. The lowest BCUT2D eigenvalue weighted by atomic mass is 10.0. The molecule has 4 atom stereocenters. The highest BCUT2D eigenvalue weighted by Gasteiger charge is 2.31. The summed E-state index contributed by atoms with van der Waals surface area (Å²) in [4.78, 5) is 65.8. The zero-order valence-electron chi connectivity index (χ0n) is 23.7. The van der Waals surface area contributed by atoms with E-state index in [2.05, 4.69) is 20.9 Å². The van der Waals surface area contributed by atoms with E-state index in [0.29, 0.717) is 11.3 Å². The SMILES string of the molecule is CSCCC(NC(=O)C(N)CCC(=O)O)C(=O)NC(Cc1ccccc1)C(=O)NC(Cc1c[nH]c2ccccc12)C(=O)O. The lowest BCUT2D eigenvalue weighted by molar-refractivity contribution is -0.142. The molecule has 3 amide bonds. The van der Waals surface area contributed by atoms with Gasteiger partial charge in [-0.2, -0.15) is 11.8 Å². The number of carbonyl (C=O) groups excluding carboxylic acids is 3. The van der Waals surface area contributed by atoms with Crippen molar-refractivity contribution in [2.24, 2.45) is 5.73 Å². The lowest BCUT2D eigenvalue weighted by Gasteiger charge is -2.25. The monoisotopic (exact) mass is 611 g/mol. The van der Waals surface area contributed by atoms with Gasteiger partial charge in [-0.05, 0) is 42.0 Å². The van der Waals surface area contributed by atoms with Crippen molar-refractivity contribution in [2.75, 3.05) is 12.0 Å². The normalized spacial score (nSPS) is 13.8. The Morgan fingerprint density at radius 2 is 1.44 bits per heavy atom. The minimum Gasteiger partial charge on any atom is -0.481 e. The van der Waals surface area contributed by atoms with Gasteiger partial charge in [0.05, 0.1) is 6.04 Å². The van der Waals surface area contributed by atoms with Crippen molar-refractivity contribution in [1.29, 1.82) is 0 Å². The molecular weight excluding hydrogens is 574 g/mol. The second-order valence-corrected chi connectivity index (χ2v) is 11.1. The third-order valence-electron chi connectivity index (χ3n) is 6.88. The number of thioether (sulfide) groups is 1. The van der Waals surface area contributed by atoms with E-state index < -0.39 is 53.8 Å². The molecule has 8 N–H and O–H groups in total. The summed E-state index contributed by atoms with van der Waals surface area (Å²) in [6.45, 7) is 0. The predicted molar refractivity (Wildman–Crippen MR) is 163 cm³/mol. The average molecular weight is 612 g/mol. The molecular formula is C30H37N5O7S. The highest BCUT2D eigenvalue weighted by Crippen LogP contribution is 2.19. The van der Waals surface area contributed by atoms with Crippen LogP contribution in [0.2, 0.25) is 0 Å². The molecule has 1 aromatic heterocycles. The minimum absolute atomic E-state index is 0.0116. The summed E-state index contributed by atoms with van der Waals surface area (Å²) in [5, 5.41) is 27.5. The van der Waals surface area contributed by atoms with Crippen molar-refractivity contribution < 1.29 is 34.2 Å². The van der Waals surface area contributed by atoms with Crippen molar-refractivity contribution >= 4 is 52.3 Å². The van der Waals surface area contributed by atoms with Gasteiger partial charge in [-0.3, -0.25) is 19.2 Å². The first-order valence-electron chi connectivity index (χ1n) is 13.8. The van der Waals surface area contributed by atoms with Gasteiger partial charge in [0.25, 0.3) is 0 Å². The molecule has 1 heterocycles. The van der Waals surface area contributed by atoms with Gasteiger partial charge in [-0.15, -0.1) is 0 Å². The van der Waals surface area contributed by atoms with Crippen LogP contribution in [0.1, 0.15) is 30.4 Å². The number of H-pyrrole nitrogens is 1. The number of hydrogen-bond acceptors (Lipinski definition) is 7. The molecule has 3 aromatic rings. The topological polar surface area (TPSA) is 204 Å². The van der Waals surface area contributed by atoms with E-state index >= 15 is 0 Å². The summed E-state index contributed by atoms with van der Waals surface area (Å²) in [5.74, 6) is -3.85. The first kappa shape index (κ1) is 33.1. The Bertz CT molecular complexity index is 1410. The number of aromatic nitrogens is 1. The number of rotatable bonds is 17. The zero-order chi connectivity index (χ0) is 31.4. The molecule has 0 aliphatic carbocycles. The Morgan fingerprint density at radius 1 is 0.814 bits per heavy atom. The van der Waals surface area contributed by atoms with E-state index in [-0.39, 0.29) is 32.1 Å². The Balaban J connectivity index is 1.78. The average Bonchev–Trinajstić information content (AvgIpc) is 3.40. The van der Waals surface area contributed by atoms with Crippen molar-refractivity contribution in [2.45, 2.75) is 56.3 Å². The van der Waals surface area contributed by atoms with Crippen LogP contribution in [0.25, 0.3) is 10.9 Å². The standard InChI is InChI=1S/C30H37N5O7S/c1-43-14-13-23(33-27(38)21(31)11-12-26(36)37)28(39)34-24(15-18-7-3-2-4-8-18)29(40)35-25(30(41)42)16-19-17-32-22-10-6-5-9-20(19)22/h2-10,17,21,23-25,32H,11-16,31H2,1H3,(H,33,38)(H,34,39)(H,35,40)(H,36,37)(H,41,42). The molecule has 0 aliphatic heterocycles. The number of para-hydroxylation sites is 1. The predicted octanol–water partition coefficient (Wildman–Crippen LogP) is 1.44. The Labute approximate surface area is 253 Å². The molecule has 0 radical (unpaired) electrons. The Morgan fingerprint density at radius 3 is 2.12 bits per heavy atom. The molecule has 230 valence electrons. The number of carbonyl (C=O) groups is 5. The van der Waals surface area contributed by atoms with Crippen molar-refractivity contribution in [1.82, 2.24) is 20.9 Å². The van der Waals surface area contributed by atoms with Gasteiger partial charge in [-0.1, -0.05) is 48.5 Å². The smallest absolute Gasteiger partial charge is 0.326 e. The maximum atomic E-state index is 13.5. The zero-order valence-corrected chi connectivity index (χ0v) is 24.6. The minimum atomic E-state index is -1.28. The van der Waals surface area contributed by atoms with Crippen LogP contribution in [-0.2, 0) is 36.8 Å². The van der Waals surface area contributed by atoms with Gasteiger partial charge in [0.2, 0.25) is 17.7 Å². The second kappa shape index (κ2) is 16.3. The van der Waals surface area contributed by atoms with E-state index in [1.54, 1.807) is 36.5 Å². The maximum absolute atomic E-state index is 13.5. The molecule has 0 spiro atoms. The molecule has 43 heavy (non-hydrogen) atoms. The molecule has 0 bridgehead atoms. The lowest BCUT2D eigenvalue weighted by Crippen LogP contribution is -2.58. The third kappa shape index (κ3) is 10.1. The highest BCUT2D eigenvalue weighted by atomic mass is 32.2. The quantitative estimate of drug-likeness (QED) is 0.118. The summed E-state index contributed by atoms with van der Waals surface area (Å²) in [6.07, 6.45) is 3.43. The number of amides is 3. The van der Waals surface area contributed by atoms with Crippen LogP contribution in [0.4, 0.5) is 0 Å². The number of carboxylic acids is 2. The number of aliphatic carboxylic acids is 2. The number of benzene rings is 2.